The van der Waals surface area contributed by atoms with E-state index in [4.69, 9.17) is 0 Å². The first kappa shape index (κ1) is 21.5. The van der Waals surface area contributed by atoms with E-state index in [2.05, 4.69) is 20.6 Å². The van der Waals surface area contributed by atoms with Crippen LogP contribution in [0.4, 0.5) is 5.69 Å². The number of H-pyrrole nitrogens is 1. The minimum absolute atomic E-state index is 0.107. The minimum Gasteiger partial charge on any atom is -0.390 e. The van der Waals surface area contributed by atoms with Gasteiger partial charge in [-0.1, -0.05) is 6.07 Å². The van der Waals surface area contributed by atoms with Crippen LogP contribution in [0.2, 0.25) is 0 Å². The molecule has 3 rings (SSSR count). The molecule has 0 radical (unpaired) electrons. The van der Waals surface area contributed by atoms with Crippen molar-refractivity contribution in [1.29, 1.82) is 0 Å². The molecule has 2 heterocycles. The van der Waals surface area contributed by atoms with Crippen molar-refractivity contribution in [3.8, 4) is 11.1 Å². The number of nitrogens with zero attached hydrogens (tertiary/aromatic N) is 1. The number of anilines is 1. The van der Waals surface area contributed by atoms with E-state index in [-0.39, 0.29) is 17.5 Å². The van der Waals surface area contributed by atoms with Gasteiger partial charge in [0.15, 0.2) is 0 Å². The highest BCUT2D eigenvalue weighted by atomic mass is 16.3. The third-order valence-electron chi connectivity index (χ3n) is 4.69. The van der Waals surface area contributed by atoms with Crippen LogP contribution in [0.1, 0.15) is 44.5 Å². The number of aromatic nitrogens is 2. The Hall–Kier alpha value is -3.19. The number of aliphatic hydroxyl groups is 1. The van der Waals surface area contributed by atoms with Gasteiger partial charge >= 0.3 is 0 Å². The number of benzene rings is 1. The van der Waals surface area contributed by atoms with Gasteiger partial charge in [-0.2, -0.15) is 0 Å². The second-order valence-electron chi connectivity index (χ2n) is 8.34. The maximum Gasteiger partial charge on any atom is 0.254 e. The highest BCUT2D eigenvalue weighted by molar-refractivity contribution is 6.07. The summed E-state index contributed by atoms with van der Waals surface area (Å²) in [6.45, 7) is 7.79. The van der Waals surface area contributed by atoms with Gasteiger partial charge in [0, 0.05) is 36.4 Å². The van der Waals surface area contributed by atoms with E-state index in [1.807, 2.05) is 32.0 Å². The van der Waals surface area contributed by atoms with Gasteiger partial charge < -0.3 is 20.7 Å². The molecule has 7 nitrogen and oxygen atoms in total. The zero-order chi connectivity index (χ0) is 21.9. The van der Waals surface area contributed by atoms with Crippen LogP contribution in [0.25, 0.3) is 22.0 Å². The lowest BCUT2D eigenvalue weighted by Gasteiger charge is -2.19. The zero-order valence-electron chi connectivity index (χ0n) is 17.7. The third kappa shape index (κ3) is 5.24. The minimum atomic E-state index is -0.848. The Bertz CT molecular complexity index is 1090. The van der Waals surface area contributed by atoms with Crippen molar-refractivity contribution in [1.82, 2.24) is 15.3 Å². The number of amides is 1. The van der Waals surface area contributed by atoms with Crippen LogP contribution >= 0.6 is 0 Å². The number of pyridine rings is 2. The van der Waals surface area contributed by atoms with Crippen LogP contribution in [0.15, 0.2) is 47.5 Å². The van der Waals surface area contributed by atoms with Crippen LogP contribution < -0.4 is 16.2 Å². The Morgan fingerprint density at radius 3 is 2.57 bits per heavy atom. The summed E-state index contributed by atoms with van der Waals surface area (Å²) in [5.41, 5.74) is 2.69. The highest BCUT2D eigenvalue weighted by Crippen LogP contribution is 2.31. The normalized spacial score (nSPS) is 11.7. The first-order valence-corrected chi connectivity index (χ1v) is 10.0. The number of nitrogens with one attached hydrogen (secondary N) is 3. The maximum absolute atomic E-state index is 12.9. The highest BCUT2D eigenvalue weighted by Gasteiger charge is 2.18. The molecule has 0 unspecified atom stereocenters. The van der Waals surface area contributed by atoms with E-state index in [1.54, 1.807) is 32.3 Å². The Morgan fingerprint density at radius 2 is 1.93 bits per heavy atom. The summed E-state index contributed by atoms with van der Waals surface area (Å²) in [6, 6.07) is 9.15. The van der Waals surface area contributed by atoms with Crippen LogP contribution in [0.5, 0.6) is 0 Å². The maximum atomic E-state index is 12.9. The molecule has 0 bridgehead atoms. The summed E-state index contributed by atoms with van der Waals surface area (Å²) in [4.78, 5) is 31.4. The molecule has 4 N–H and O–H groups in total. The Kier molecular flexibility index (Phi) is 6.22. The molecular formula is C23H28N4O3. The predicted molar refractivity (Wildman–Crippen MR) is 120 cm³/mol. The van der Waals surface area contributed by atoms with Crippen molar-refractivity contribution in [2.24, 2.45) is 0 Å². The Morgan fingerprint density at radius 1 is 1.20 bits per heavy atom. The summed E-state index contributed by atoms with van der Waals surface area (Å²) in [6.07, 6.45) is 3.69. The average molecular weight is 409 g/mol. The molecule has 0 saturated carbocycles. The van der Waals surface area contributed by atoms with E-state index >= 15 is 0 Å². The van der Waals surface area contributed by atoms with E-state index < -0.39 is 5.60 Å². The SMILES string of the molecule is CC(C)Nc1c(C(=O)NCCC(C)(C)O)cnc2ccc(-c3ccc(=O)[nH]c3)cc12. The fourth-order valence-corrected chi connectivity index (χ4v) is 3.16. The van der Waals surface area contributed by atoms with Crippen molar-refractivity contribution in [2.45, 2.75) is 45.8 Å². The number of hydrogen-bond acceptors (Lipinski definition) is 5. The second-order valence-corrected chi connectivity index (χ2v) is 8.34. The second kappa shape index (κ2) is 8.67. The molecule has 0 aliphatic rings. The topological polar surface area (TPSA) is 107 Å². The fraction of sp³-hybridized carbons (Fsp3) is 0.348. The number of carbonyl (C=O) groups excluding carboxylic acids is 1. The molecule has 0 saturated heterocycles. The van der Waals surface area contributed by atoms with E-state index in [0.717, 1.165) is 22.0 Å². The molecule has 2 aromatic heterocycles. The standard InChI is InChI=1S/C23H28N4O3/c1-14(2)27-21-17-11-15(16-6-8-20(28)26-12-16)5-7-19(17)25-13-18(21)22(29)24-10-9-23(3,4)30/h5-8,11-14,30H,9-10H2,1-4H3,(H,24,29)(H,25,27)(H,26,28). The van der Waals surface area contributed by atoms with Crippen molar-refractivity contribution < 1.29 is 9.90 Å². The lowest BCUT2D eigenvalue weighted by atomic mass is 10.0. The molecule has 158 valence electrons. The first-order valence-electron chi connectivity index (χ1n) is 10.0. The van der Waals surface area contributed by atoms with Gasteiger partial charge in [-0.3, -0.25) is 14.6 Å². The number of hydrogen-bond donors (Lipinski definition) is 4. The van der Waals surface area contributed by atoms with Gasteiger partial charge in [0.25, 0.3) is 5.91 Å². The molecule has 0 fully saturated rings. The van der Waals surface area contributed by atoms with Crippen LogP contribution in [0, 0.1) is 0 Å². The van der Waals surface area contributed by atoms with Crippen molar-refractivity contribution >= 4 is 22.5 Å². The largest absolute Gasteiger partial charge is 0.390 e. The predicted octanol–water partition coefficient (Wildman–Crippen LogP) is 3.30. The van der Waals surface area contributed by atoms with Crippen LogP contribution in [-0.2, 0) is 0 Å². The molecule has 1 aromatic carbocycles. The Balaban J connectivity index is 2.03. The lowest BCUT2D eigenvalue weighted by Crippen LogP contribution is -2.31. The quantitative estimate of drug-likeness (QED) is 0.480. The molecular weight excluding hydrogens is 380 g/mol. The van der Waals surface area contributed by atoms with Crippen LogP contribution in [0.3, 0.4) is 0 Å². The number of carbonyl (C=O) groups is 1. The van der Waals surface area contributed by atoms with Gasteiger partial charge in [0.1, 0.15) is 0 Å². The zero-order valence-corrected chi connectivity index (χ0v) is 17.7. The summed E-state index contributed by atoms with van der Waals surface area (Å²) in [7, 11) is 0. The van der Waals surface area contributed by atoms with E-state index in [0.29, 0.717) is 24.2 Å². The molecule has 3 aromatic rings. The van der Waals surface area contributed by atoms with Gasteiger partial charge in [0.05, 0.1) is 22.4 Å². The van der Waals surface area contributed by atoms with E-state index in [9.17, 15) is 14.7 Å². The molecule has 0 spiro atoms. The molecule has 0 atom stereocenters. The van der Waals surface area contributed by atoms with Gasteiger partial charge in [-0.25, -0.2) is 0 Å². The molecule has 0 aliphatic heterocycles. The number of aromatic amines is 1. The average Bonchev–Trinajstić information content (AvgIpc) is 2.67. The molecule has 30 heavy (non-hydrogen) atoms. The summed E-state index contributed by atoms with van der Waals surface area (Å²) in [5.74, 6) is -0.244. The lowest BCUT2D eigenvalue weighted by molar-refractivity contribution is 0.0693. The smallest absolute Gasteiger partial charge is 0.254 e. The molecule has 7 heteroatoms. The summed E-state index contributed by atoms with van der Waals surface area (Å²) in [5, 5.41) is 16.9. The molecule has 1 amide bonds. The first-order chi connectivity index (χ1) is 14.1. The van der Waals surface area contributed by atoms with Crippen LogP contribution in [-0.4, -0.2) is 39.2 Å². The van der Waals surface area contributed by atoms with Crippen molar-refractivity contribution in [3.05, 3.63) is 58.6 Å². The Labute approximate surface area is 175 Å². The molecule has 0 aliphatic carbocycles. The van der Waals surface area contributed by atoms with E-state index in [1.165, 1.54) is 6.07 Å². The van der Waals surface area contributed by atoms with Gasteiger partial charge in [-0.05, 0) is 63.4 Å². The van der Waals surface area contributed by atoms with Gasteiger partial charge in [0.2, 0.25) is 5.56 Å². The van der Waals surface area contributed by atoms with Crippen molar-refractivity contribution in [2.75, 3.05) is 11.9 Å². The number of rotatable bonds is 7. The monoisotopic (exact) mass is 408 g/mol. The summed E-state index contributed by atoms with van der Waals surface area (Å²) >= 11 is 0. The summed E-state index contributed by atoms with van der Waals surface area (Å²) < 4.78 is 0. The number of fused-ring (bicyclic) bond motifs is 1. The van der Waals surface area contributed by atoms with Crippen molar-refractivity contribution in [3.63, 3.8) is 0 Å². The van der Waals surface area contributed by atoms with Gasteiger partial charge in [-0.15, -0.1) is 0 Å². The third-order valence-corrected chi connectivity index (χ3v) is 4.69. The fourth-order valence-electron chi connectivity index (χ4n) is 3.16.